The summed E-state index contributed by atoms with van der Waals surface area (Å²) in [4.78, 5) is 11.6. The molecule has 1 aromatic carbocycles. The van der Waals surface area contributed by atoms with Gasteiger partial charge in [-0.05, 0) is 6.07 Å². The molecule has 1 aromatic heterocycles. The Kier molecular flexibility index (Phi) is 2.82. The average Bonchev–Trinajstić information content (AvgIpc) is 2.67. The van der Waals surface area contributed by atoms with E-state index in [0.29, 0.717) is 11.4 Å². The Balaban J connectivity index is 2.59. The van der Waals surface area contributed by atoms with Gasteiger partial charge in [0, 0.05) is 24.4 Å². The second kappa shape index (κ2) is 4.29. The summed E-state index contributed by atoms with van der Waals surface area (Å²) < 4.78 is 6.35. The standard InChI is InChI=1S/C12H13N3O2/c1-15-7-10(11(13)14-15)8-5-3-4-6-9(8)12(16)17-2/h3-7H,1-2H3,(H2,13,14). The van der Waals surface area contributed by atoms with Gasteiger partial charge in [-0.15, -0.1) is 0 Å². The molecule has 0 atom stereocenters. The SMILES string of the molecule is COC(=O)c1ccccc1-c1cn(C)nc1N. The lowest BCUT2D eigenvalue weighted by Gasteiger charge is -2.06. The molecule has 2 aromatic rings. The molecule has 0 saturated carbocycles. The van der Waals surface area contributed by atoms with Crippen molar-refractivity contribution in [3.8, 4) is 11.1 Å². The average molecular weight is 231 g/mol. The Morgan fingerprint density at radius 2 is 2.06 bits per heavy atom. The maximum absolute atomic E-state index is 11.6. The molecule has 0 amide bonds. The van der Waals surface area contributed by atoms with E-state index in [0.717, 1.165) is 11.1 Å². The normalized spacial score (nSPS) is 10.2. The minimum atomic E-state index is -0.385. The molecule has 2 N–H and O–H groups in total. The molecule has 0 aliphatic rings. The van der Waals surface area contributed by atoms with Gasteiger partial charge in [-0.25, -0.2) is 4.79 Å². The maximum Gasteiger partial charge on any atom is 0.338 e. The Bertz CT molecular complexity index is 561. The fourth-order valence-electron chi connectivity index (χ4n) is 1.72. The molecule has 0 radical (unpaired) electrons. The van der Waals surface area contributed by atoms with Crippen LogP contribution in [0.4, 0.5) is 5.82 Å². The van der Waals surface area contributed by atoms with Crippen molar-refractivity contribution in [3.63, 3.8) is 0 Å². The van der Waals surface area contributed by atoms with Crippen LogP contribution in [0.5, 0.6) is 0 Å². The van der Waals surface area contributed by atoms with Crippen molar-refractivity contribution in [1.29, 1.82) is 0 Å². The number of carbonyl (C=O) groups is 1. The lowest BCUT2D eigenvalue weighted by molar-refractivity contribution is 0.0601. The number of methoxy groups -OCH3 is 1. The molecule has 5 nitrogen and oxygen atoms in total. The van der Waals surface area contributed by atoms with Crippen molar-refractivity contribution in [2.75, 3.05) is 12.8 Å². The van der Waals surface area contributed by atoms with E-state index in [2.05, 4.69) is 5.10 Å². The Morgan fingerprint density at radius 3 is 2.65 bits per heavy atom. The molecule has 0 aliphatic carbocycles. The highest BCUT2D eigenvalue weighted by atomic mass is 16.5. The Hall–Kier alpha value is -2.30. The lowest BCUT2D eigenvalue weighted by atomic mass is 10.0. The van der Waals surface area contributed by atoms with Gasteiger partial charge in [-0.1, -0.05) is 18.2 Å². The molecule has 17 heavy (non-hydrogen) atoms. The van der Waals surface area contributed by atoms with E-state index in [9.17, 15) is 4.79 Å². The summed E-state index contributed by atoms with van der Waals surface area (Å²) in [6, 6.07) is 7.14. The van der Waals surface area contributed by atoms with Crippen LogP contribution in [0.25, 0.3) is 11.1 Å². The zero-order chi connectivity index (χ0) is 12.4. The third kappa shape index (κ3) is 1.99. The highest BCUT2D eigenvalue weighted by molar-refractivity contribution is 5.98. The number of nitrogens with two attached hydrogens (primary N) is 1. The van der Waals surface area contributed by atoms with E-state index in [1.807, 2.05) is 12.1 Å². The molecular formula is C12H13N3O2. The van der Waals surface area contributed by atoms with Gasteiger partial charge in [0.1, 0.15) is 0 Å². The van der Waals surface area contributed by atoms with Gasteiger partial charge in [-0.3, -0.25) is 4.68 Å². The van der Waals surface area contributed by atoms with Crippen LogP contribution in [0.3, 0.4) is 0 Å². The highest BCUT2D eigenvalue weighted by Gasteiger charge is 2.15. The fraction of sp³-hybridized carbons (Fsp3) is 0.167. The summed E-state index contributed by atoms with van der Waals surface area (Å²) in [7, 11) is 3.13. The van der Waals surface area contributed by atoms with Crippen molar-refractivity contribution in [2.45, 2.75) is 0 Å². The van der Waals surface area contributed by atoms with Gasteiger partial charge in [0.05, 0.1) is 12.7 Å². The van der Waals surface area contributed by atoms with Crippen molar-refractivity contribution in [2.24, 2.45) is 7.05 Å². The third-order valence-electron chi connectivity index (χ3n) is 2.48. The number of aromatic nitrogens is 2. The van der Waals surface area contributed by atoms with Crippen LogP contribution in [0.15, 0.2) is 30.5 Å². The number of hydrogen-bond acceptors (Lipinski definition) is 4. The molecule has 5 heteroatoms. The topological polar surface area (TPSA) is 70.1 Å². The Morgan fingerprint density at radius 1 is 1.35 bits per heavy atom. The number of nitrogen functional groups attached to an aromatic ring is 1. The molecule has 0 saturated heterocycles. The molecule has 0 fully saturated rings. The van der Waals surface area contributed by atoms with Crippen LogP contribution >= 0.6 is 0 Å². The maximum atomic E-state index is 11.6. The first-order valence-corrected chi connectivity index (χ1v) is 5.10. The molecule has 0 bridgehead atoms. The molecule has 2 rings (SSSR count). The summed E-state index contributed by atoms with van der Waals surface area (Å²) in [6.45, 7) is 0. The van der Waals surface area contributed by atoms with Gasteiger partial charge < -0.3 is 10.5 Å². The van der Waals surface area contributed by atoms with Gasteiger partial charge >= 0.3 is 5.97 Å². The summed E-state index contributed by atoms with van der Waals surface area (Å²) >= 11 is 0. The van der Waals surface area contributed by atoms with Crippen LogP contribution in [0.2, 0.25) is 0 Å². The summed E-state index contributed by atoms with van der Waals surface area (Å²) in [5.41, 5.74) is 7.74. The zero-order valence-corrected chi connectivity index (χ0v) is 9.68. The largest absolute Gasteiger partial charge is 0.465 e. The number of hydrogen-bond donors (Lipinski definition) is 1. The van der Waals surface area contributed by atoms with Gasteiger partial charge in [0.25, 0.3) is 0 Å². The van der Waals surface area contributed by atoms with Gasteiger partial charge in [0.2, 0.25) is 0 Å². The van der Waals surface area contributed by atoms with Gasteiger partial charge in [0.15, 0.2) is 5.82 Å². The Labute approximate surface area is 98.8 Å². The zero-order valence-electron chi connectivity index (χ0n) is 9.68. The first-order valence-electron chi connectivity index (χ1n) is 5.10. The predicted molar refractivity (Wildman–Crippen MR) is 64.4 cm³/mol. The van der Waals surface area contributed by atoms with Crippen molar-refractivity contribution < 1.29 is 9.53 Å². The first-order chi connectivity index (χ1) is 8.13. The predicted octanol–water partition coefficient (Wildman–Crippen LogP) is 1.46. The number of aryl methyl sites for hydroxylation is 1. The molecule has 0 aliphatic heterocycles. The van der Waals surface area contributed by atoms with Crippen molar-refractivity contribution in [3.05, 3.63) is 36.0 Å². The van der Waals surface area contributed by atoms with E-state index in [1.54, 1.807) is 30.1 Å². The first kappa shape index (κ1) is 11.2. The second-order valence-corrected chi connectivity index (χ2v) is 3.64. The number of esters is 1. The third-order valence-corrected chi connectivity index (χ3v) is 2.48. The fourth-order valence-corrected chi connectivity index (χ4v) is 1.72. The number of ether oxygens (including phenoxy) is 1. The number of anilines is 1. The van der Waals surface area contributed by atoms with E-state index in [-0.39, 0.29) is 5.97 Å². The van der Waals surface area contributed by atoms with Crippen LogP contribution < -0.4 is 5.73 Å². The van der Waals surface area contributed by atoms with E-state index < -0.39 is 0 Å². The number of nitrogens with zero attached hydrogens (tertiary/aromatic N) is 2. The quantitative estimate of drug-likeness (QED) is 0.794. The molecule has 0 spiro atoms. The molecule has 1 heterocycles. The van der Waals surface area contributed by atoms with Crippen molar-refractivity contribution in [1.82, 2.24) is 9.78 Å². The van der Waals surface area contributed by atoms with Gasteiger partial charge in [-0.2, -0.15) is 5.10 Å². The molecule has 88 valence electrons. The summed E-state index contributed by atoms with van der Waals surface area (Å²) in [5.74, 6) is 0.00714. The van der Waals surface area contributed by atoms with Crippen LogP contribution in [0, 0.1) is 0 Å². The van der Waals surface area contributed by atoms with E-state index in [1.165, 1.54) is 7.11 Å². The second-order valence-electron chi connectivity index (χ2n) is 3.64. The van der Waals surface area contributed by atoms with E-state index in [4.69, 9.17) is 10.5 Å². The van der Waals surface area contributed by atoms with Crippen molar-refractivity contribution >= 4 is 11.8 Å². The minimum absolute atomic E-state index is 0.385. The van der Waals surface area contributed by atoms with Crippen LogP contribution in [-0.4, -0.2) is 22.9 Å². The smallest absolute Gasteiger partial charge is 0.338 e. The monoisotopic (exact) mass is 231 g/mol. The summed E-state index contributed by atoms with van der Waals surface area (Å²) in [6.07, 6.45) is 1.77. The van der Waals surface area contributed by atoms with E-state index >= 15 is 0 Å². The van der Waals surface area contributed by atoms with Crippen LogP contribution in [-0.2, 0) is 11.8 Å². The lowest BCUT2D eigenvalue weighted by Crippen LogP contribution is -2.03. The molecular weight excluding hydrogens is 218 g/mol. The number of benzene rings is 1. The van der Waals surface area contributed by atoms with Crippen LogP contribution in [0.1, 0.15) is 10.4 Å². The minimum Gasteiger partial charge on any atom is -0.465 e. The number of rotatable bonds is 2. The molecule has 0 unspecified atom stereocenters. The summed E-state index contributed by atoms with van der Waals surface area (Å²) in [5, 5.41) is 4.06. The number of carbonyl (C=O) groups excluding carboxylic acids is 1. The highest BCUT2D eigenvalue weighted by Crippen LogP contribution is 2.28.